The molecule has 1 amide bonds. The molecule has 0 bridgehead atoms. The van der Waals surface area contributed by atoms with Crippen LogP contribution in [0.15, 0.2) is 65.2 Å². The van der Waals surface area contributed by atoms with Crippen LogP contribution in [0.4, 0.5) is 0 Å². The molecular weight excluding hydrogens is 390 g/mol. The maximum atomic E-state index is 13.8. The predicted molar refractivity (Wildman–Crippen MR) is 120 cm³/mol. The first-order chi connectivity index (χ1) is 15.0. The van der Waals surface area contributed by atoms with Crippen molar-refractivity contribution < 1.29 is 14.1 Å². The van der Waals surface area contributed by atoms with E-state index in [1.807, 2.05) is 86.3 Å². The number of ether oxygens (including phenoxy) is 1. The second-order valence-corrected chi connectivity index (χ2v) is 7.41. The van der Waals surface area contributed by atoms with E-state index in [1.165, 1.54) is 0 Å². The maximum absolute atomic E-state index is 13.8. The van der Waals surface area contributed by atoms with Crippen molar-refractivity contribution in [1.82, 2.24) is 15.0 Å². The van der Waals surface area contributed by atoms with Gasteiger partial charge in [0.25, 0.3) is 11.6 Å². The van der Waals surface area contributed by atoms with E-state index in [2.05, 4.69) is 10.1 Å². The molecule has 2 aromatic heterocycles. The molecule has 31 heavy (non-hydrogen) atoms. The van der Waals surface area contributed by atoms with Crippen molar-refractivity contribution >= 4 is 17.0 Å². The Bertz CT molecular complexity index is 1220. The number of fused-ring (bicyclic) bond motifs is 1. The molecule has 0 aliphatic rings. The van der Waals surface area contributed by atoms with Gasteiger partial charge in [-0.2, -0.15) is 0 Å². The van der Waals surface area contributed by atoms with E-state index >= 15 is 0 Å². The molecular formula is C25H25N3O3. The van der Waals surface area contributed by atoms with Crippen LogP contribution in [0, 0.1) is 6.92 Å². The van der Waals surface area contributed by atoms with E-state index in [1.54, 1.807) is 7.11 Å². The summed E-state index contributed by atoms with van der Waals surface area (Å²) in [6.07, 6.45) is 0. The highest BCUT2D eigenvalue weighted by atomic mass is 16.5. The Morgan fingerprint density at radius 2 is 1.90 bits per heavy atom. The average molecular weight is 415 g/mol. The lowest BCUT2D eigenvalue weighted by Crippen LogP contribution is -2.33. The van der Waals surface area contributed by atoms with Gasteiger partial charge in [-0.3, -0.25) is 4.79 Å². The Labute approximate surface area is 181 Å². The third-order valence-electron chi connectivity index (χ3n) is 5.56. The summed E-state index contributed by atoms with van der Waals surface area (Å²) in [4.78, 5) is 20.2. The first-order valence-corrected chi connectivity index (χ1v) is 10.3. The molecule has 0 aliphatic carbocycles. The van der Waals surface area contributed by atoms with Crippen LogP contribution in [-0.4, -0.2) is 34.6 Å². The van der Waals surface area contributed by atoms with Crippen molar-refractivity contribution in [2.75, 3.05) is 13.7 Å². The molecule has 6 heteroatoms. The van der Waals surface area contributed by atoms with E-state index in [0.29, 0.717) is 34.6 Å². The van der Waals surface area contributed by atoms with E-state index in [4.69, 9.17) is 9.26 Å². The number of rotatable bonds is 6. The zero-order valence-electron chi connectivity index (χ0n) is 18.1. The molecule has 0 saturated heterocycles. The summed E-state index contributed by atoms with van der Waals surface area (Å²) in [6.45, 7) is 6.37. The fourth-order valence-electron chi connectivity index (χ4n) is 3.85. The highest BCUT2D eigenvalue weighted by Crippen LogP contribution is 2.31. The van der Waals surface area contributed by atoms with Gasteiger partial charge in [-0.25, -0.2) is 4.98 Å². The number of aromatic nitrogens is 2. The van der Waals surface area contributed by atoms with Crippen molar-refractivity contribution in [3.8, 4) is 17.0 Å². The SMILES string of the molecule is CCN(C(=O)c1cc(-c2ccccc2)nc2onc(C)c12)C(C)c1cccc(OC)c1. The monoisotopic (exact) mass is 415 g/mol. The highest BCUT2D eigenvalue weighted by Gasteiger charge is 2.26. The first kappa shape index (κ1) is 20.6. The molecule has 6 nitrogen and oxygen atoms in total. The Morgan fingerprint density at radius 3 is 2.61 bits per heavy atom. The standard InChI is InChI=1S/C25H25N3O3/c1-5-28(17(3)19-12-9-13-20(14-19)30-4)25(29)21-15-22(18-10-7-6-8-11-18)26-24-23(21)16(2)27-31-24/h6-15,17H,5H2,1-4H3. The molecule has 2 aromatic carbocycles. The Kier molecular flexibility index (Phi) is 5.71. The van der Waals surface area contributed by atoms with Crippen LogP contribution in [0.1, 0.15) is 41.5 Å². The van der Waals surface area contributed by atoms with Crippen LogP contribution in [0.25, 0.3) is 22.4 Å². The first-order valence-electron chi connectivity index (χ1n) is 10.3. The summed E-state index contributed by atoms with van der Waals surface area (Å²) >= 11 is 0. The van der Waals surface area contributed by atoms with Gasteiger partial charge in [-0.05, 0) is 44.5 Å². The van der Waals surface area contributed by atoms with Crippen LogP contribution in [0.3, 0.4) is 0 Å². The fraction of sp³-hybridized carbons (Fsp3) is 0.240. The minimum Gasteiger partial charge on any atom is -0.497 e. The van der Waals surface area contributed by atoms with Crippen LogP contribution in [-0.2, 0) is 0 Å². The predicted octanol–water partition coefficient (Wildman–Crippen LogP) is 5.43. The van der Waals surface area contributed by atoms with E-state index in [0.717, 1.165) is 16.9 Å². The summed E-state index contributed by atoms with van der Waals surface area (Å²) in [7, 11) is 1.64. The fourth-order valence-corrected chi connectivity index (χ4v) is 3.85. The Morgan fingerprint density at radius 1 is 1.13 bits per heavy atom. The van der Waals surface area contributed by atoms with Gasteiger partial charge in [0.2, 0.25) is 0 Å². The largest absolute Gasteiger partial charge is 0.497 e. The molecule has 0 N–H and O–H groups in total. The minimum absolute atomic E-state index is 0.0892. The minimum atomic E-state index is -0.142. The molecule has 2 heterocycles. The number of carbonyl (C=O) groups excluding carboxylic acids is 1. The number of amides is 1. The number of methoxy groups -OCH3 is 1. The summed E-state index contributed by atoms with van der Waals surface area (Å²) in [6, 6.07) is 19.2. The molecule has 0 aliphatic heterocycles. The Balaban J connectivity index is 1.80. The van der Waals surface area contributed by atoms with Crippen LogP contribution < -0.4 is 4.74 Å². The third kappa shape index (κ3) is 3.89. The van der Waals surface area contributed by atoms with Crippen LogP contribution in [0.2, 0.25) is 0 Å². The molecule has 1 atom stereocenters. The Hall–Kier alpha value is -3.67. The summed E-state index contributed by atoms with van der Waals surface area (Å²) in [5, 5.41) is 4.71. The normalized spacial score (nSPS) is 12.0. The van der Waals surface area contributed by atoms with Gasteiger partial charge < -0.3 is 14.2 Å². The van der Waals surface area contributed by atoms with Crippen molar-refractivity contribution in [2.24, 2.45) is 0 Å². The maximum Gasteiger partial charge on any atom is 0.259 e. The number of hydrogen-bond acceptors (Lipinski definition) is 5. The third-order valence-corrected chi connectivity index (χ3v) is 5.56. The second-order valence-electron chi connectivity index (χ2n) is 7.41. The number of nitrogens with zero attached hydrogens (tertiary/aromatic N) is 3. The lowest BCUT2D eigenvalue weighted by Gasteiger charge is -2.29. The summed E-state index contributed by atoms with van der Waals surface area (Å²) < 4.78 is 10.8. The summed E-state index contributed by atoms with van der Waals surface area (Å²) in [5.74, 6) is 0.675. The van der Waals surface area contributed by atoms with Crippen molar-refractivity contribution in [1.29, 1.82) is 0 Å². The lowest BCUT2D eigenvalue weighted by molar-refractivity contribution is 0.0704. The van der Waals surface area contributed by atoms with Crippen LogP contribution in [0.5, 0.6) is 5.75 Å². The number of pyridine rings is 1. The topological polar surface area (TPSA) is 68.5 Å². The number of aryl methyl sites for hydroxylation is 1. The molecule has 0 radical (unpaired) electrons. The van der Waals surface area contributed by atoms with Crippen molar-refractivity contribution in [3.63, 3.8) is 0 Å². The number of benzene rings is 2. The lowest BCUT2D eigenvalue weighted by atomic mass is 10.0. The zero-order valence-corrected chi connectivity index (χ0v) is 18.1. The van der Waals surface area contributed by atoms with E-state index in [-0.39, 0.29) is 11.9 Å². The van der Waals surface area contributed by atoms with Crippen molar-refractivity contribution in [2.45, 2.75) is 26.8 Å². The van der Waals surface area contributed by atoms with Gasteiger partial charge in [0.1, 0.15) is 5.75 Å². The van der Waals surface area contributed by atoms with Gasteiger partial charge in [0.15, 0.2) is 0 Å². The number of carbonyl (C=O) groups is 1. The van der Waals surface area contributed by atoms with Crippen LogP contribution >= 0.6 is 0 Å². The van der Waals surface area contributed by atoms with Crippen molar-refractivity contribution in [3.05, 3.63) is 77.5 Å². The molecule has 0 fully saturated rings. The van der Waals surface area contributed by atoms with Gasteiger partial charge in [-0.15, -0.1) is 0 Å². The van der Waals surface area contributed by atoms with E-state index in [9.17, 15) is 4.79 Å². The molecule has 4 aromatic rings. The smallest absolute Gasteiger partial charge is 0.259 e. The zero-order chi connectivity index (χ0) is 22.0. The van der Waals surface area contributed by atoms with Gasteiger partial charge in [0.05, 0.1) is 35.5 Å². The van der Waals surface area contributed by atoms with Gasteiger partial charge in [0, 0.05) is 12.1 Å². The van der Waals surface area contributed by atoms with Gasteiger partial charge >= 0.3 is 0 Å². The number of hydrogen-bond donors (Lipinski definition) is 0. The molecule has 158 valence electrons. The summed E-state index contributed by atoms with van der Waals surface area (Å²) in [5.41, 5.74) is 4.15. The molecule has 0 saturated carbocycles. The average Bonchev–Trinajstić information content (AvgIpc) is 3.20. The highest BCUT2D eigenvalue weighted by molar-refractivity contribution is 6.07. The van der Waals surface area contributed by atoms with E-state index < -0.39 is 0 Å². The quantitative estimate of drug-likeness (QED) is 0.420. The molecule has 0 spiro atoms. The van der Waals surface area contributed by atoms with Gasteiger partial charge in [-0.1, -0.05) is 47.6 Å². The molecule has 1 unspecified atom stereocenters. The molecule has 4 rings (SSSR count). The second kappa shape index (κ2) is 8.60.